The Hall–Kier alpha value is -0.570. The Kier molecular flexibility index (Phi) is 2.06. The highest BCUT2D eigenvalue weighted by atomic mass is 16.3. The molecule has 74 valence electrons. The first-order valence-corrected chi connectivity index (χ1v) is 5.14. The summed E-state index contributed by atoms with van der Waals surface area (Å²) in [6.07, 6.45) is 4.19. The molecule has 1 atom stereocenters. The Morgan fingerprint density at radius 2 is 1.92 bits per heavy atom. The summed E-state index contributed by atoms with van der Waals surface area (Å²) in [5.74, 6) is 0.174. The van der Waals surface area contributed by atoms with E-state index in [9.17, 15) is 9.90 Å². The van der Waals surface area contributed by atoms with Crippen molar-refractivity contribution < 1.29 is 9.90 Å². The second-order valence-electron chi connectivity index (χ2n) is 4.42. The molecule has 0 aromatic carbocycles. The van der Waals surface area contributed by atoms with E-state index in [1.807, 2.05) is 0 Å². The number of amides is 1. The summed E-state index contributed by atoms with van der Waals surface area (Å²) >= 11 is 0. The van der Waals surface area contributed by atoms with Crippen LogP contribution < -0.4 is 0 Å². The highest BCUT2D eigenvalue weighted by molar-refractivity contribution is 5.85. The van der Waals surface area contributed by atoms with Crippen LogP contribution in [0.2, 0.25) is 0 Å². The minimum absolute atomic E-state index is 0.0486. The normalized spacial score (nSPS) is 27.4. The van der Waals surface area contributed by atoms with Gasteiger partial charge in [-0.05, 0) is 38.5 Å². The lowest BCUT2D eigenvalue weighted by atomic mass is 9.99. The van der Waals surface area contributed by atoms with Gasteiger partial charge in [0, 0.05) is 13.1 Å². The predicted octanol–water partition coefficient (Wildman–Crippen LogP) is 0.770. The van der Waals surface area contributed by atoms with Crippen LogP contribution in [0.5, 0.6) is 0 Å². The van der Waals surface area contributed by atoms with Gasteiger partial charge in [0.25, 0.3) is 5.91 Å². The van der Waals surface area contributed by atoms with Gasteiger partial charge in [-0.25, -0.2) is 0 Å². The molecule has 1 saturated carbocycles. The zero-order valence-corrected chi connectivity index (χ0v) is 8.12. The van der Waals surface area contributed by atoms with Crippen molar-refractivity contribution in [2.45, 2.75) is 38.2 Å². The van der Waals surface area contributed by atoms with Crippen LogP contribution in [0.3, 0.4) is 0 Å². The number of likely N-dealkylation sites (tertiary alicyclic amines) is 1. The first kappa shape index (κ1) is 9.00. The molecule has 1 N–H and O–H groups in total. The van der Waals surface area contributed by atoms with Crippen molar-refractivity contribution in [3.63, 3.8) is 0 Å². The van der Waals surface area contributed by atoms with E-state index >= 15 is 0 Å². The van der Waals surface area contributed by atoms with Crippen LogP contribution >= 0.6 is 0 Å². The van der Waals surface area contributed by atoms with E-state index in [0.29, 0.717) is 0 Å². The number of aliphatic hydroxyl groups is 1. The van der Waals surface area contributed by atoms with E-state index in [0.717, 1.165) is 38.8 Å². The van der Waals surface area contributed by atoms with Crippen LogP contribution in [0.15, 0.2) is 0 Å². The number of rotatable bonds is 2. The Labute approximate surface area is 78.7 Å². The molecule has 2 aliphatic rings. The summed E-state index contributed by atoms with van der Waals surface area (Å²) in [4.78, 5) is 13.6. The molecule has 0 spiro atoms. The standard InChI is InChI=1S/C10H17NO2/c1-10(13,8-4-5-8)9(12)11-6-2-3-7-11/h8,13H,2-7H2,1H3. The van der Waals surface area contributed by atoms with Crippen LogP contribution in [-0.2, 0) is 4.79 Å². The summed E-state index contributed by atoms with van der Waals surface area (Å²) in [6, 6.07) is 0. The largest absolute Gasteiger partial charge is 0.380 e. The van der Waals surface area contributed by atoms with Crippen molar-refractivity contribution in [3.05, 3.63) is 0 Å². The van der Waals surface area contributed by atoms with Crippen molar-refractivity contribution in [2.75, 3.05) is 13.1 Å². The van der Waals surface area contributed by atoms with Crippen LogP contribution in [0.1, 0.15) is 32.6 Å². The first-order valence-electron chi connectivity index (χ1n) is 5.14. The summed E-state index contributed by atoms with van der Waals surface area (Å²) < 4.78 is 0. The Morgan fingerprint density at radius 1 is 1.38 bits per heavy atom. The lowest BCUT2D eigenvalue weighted by molar-refractivity contribution is -0.150. The predicted molar refractivity (Wildman–Crippen MR) is 49.2 cm³/mol. The minimum atomic E-state index is -1.08. The van der Waals surface area contributed by atoms with E-state index in [-0.39, 0.29) is 11.8 Å². The van der Waals surface area contributed by atoms with E-state index in [1.54, 1.807) is 11.8 Å². The molecule has 1 aliphatic carbocycles. The average Bonchev–Trinajstić information content (AvgIpc) is 2.82. The third-order valence-corrected chi connectivity index (χ3v) is 3.20. The second kappa shape index (κ2) is 2.98. The van der Waals surface area contributed by atoms with E-state index in [2.05, 4.69) is 0 Å². The van der Waals surface area contributed by atoms with Crippen molar-refractivity contribution in [2.24, 2.45) is 5.92 Å². The van der Waals surface area contributed by atoms with Crippen molar-refractivity contribution in [3.8, 4) is 0 Å². The highest BCUT2D eigenvalue weighted by Crippen LogP contribution is 2.40. The smallest absolute Gasteiger partial charge is 0.254 e. The molecule has 2 rings (SSSR count). The highest BCUT2D eigenvalue weighted by Gasteiger charge is 2.47. The molecule has 0 radical (unpaired) electrons. The quantitative estimate of drug-likeness (QED) is 0.687. The van der Waals surface area contributed by atoms with Crippen LogP contribution in [0.25, 0.3) is 0 Å². The van der Waals surface area contributed by atoms with Gasteiger partial charge in [0.15, 0.2) is 0 Å². The third-order valence-electron chi connectivity index (χ3n) is 3.20. The molecule has 1 aliphatic heterocycles. The second-order valence-corrected chi connectivity index (χ2v) is 4.42. The van der Waals surface area contributed by atoms with Gasteiger partial charge in [-0.15, -0.1) is 0 Å². The molecule has 0 bridgehead atoms. The Morgan fingerprint density at radius 3 is 2.38 bits per heavy atom. The molecule has 1 saturated heterocycles. The number of carbonyl (C=O) groups is 1. The maximum Gasteiger partial charge on any atom is 0.254 e. The summed E-state index contributed by atoms with van der Waals surface area (Å²) in [5, 5.41) is 9.99. The monoisotopic (exact) mass is 183 g/mol. The molecule has 3 nitrogen and oxygen atoms in total. The number of hydrogen-bond donors (Lipinski definition) is 1. The van der Waals surface area contributed by atoms with Gasteiger partial charge in [-0.3, -0.25) is 4.79 Å². The average molecular weight is 183 g/mol. The van der Waals surface area contributed by atoms with E-state index < -0.39 is 5.60 Å². The van der Waals surface area contributed by atoms with Crippen molar-refractivity contribution in [1.29, 1.82) is 0 Å². The molecule has 13 heavy (non-hydrogen) atoms. The molecular weight excluding hydrogens is 166 g/mol. The van der Waals surface area contributed by atoms with Gasteiger partial charge in [0.2, 0.25) is 0 Å². The molecule has 3 heteroatoms. The maximum absolute atomic E-state index is 11.8. The fourth-order valence-corrected chi connectivity index (χ4v) is 2.06. The Balaban J connectivity index is 2.01. The SMILES string of the molecule is CC(O)(C(=O)N1CCCC1)C1CC1. The van der Waals surface area contributed by atoms with Gasteiger partial charge in [-0.2, -0.15) is 0 Å². The Bertz CT molecular complexity index is 215. The van der Waals surface area contributed by atoms with Gasteiger partial charge in [0.05, 0.1) is 0 Å². The summed E-state index contributed by atoms with van der Waals surface area (Å²) in [6.45, 7) is 3.34. The van der Waals surface area contributed by atoms with Crippen molar-refractivity contribution >= 4 is 5.91 Å². The number of carbonyl (C=O) groups excluding carboxylic acids is 1. The third kappa shape index (κ3) is 1.57. The lowest BCUT2D eigenvalue weighted by Gasteiger charge is -2.27. The zero-order valence-electron chi connectivity index (χ0n) is 8.12. The van der Waals surface area contributed by atoms with Crippen LogP contribution in [0.4, 0.5) is 0 Å². The molecular formula is C10H17NO2. The summed E-state index contributed by atoms with van der Waals surface area (Å²) in [7, 11) is 0. The fourth-order valence-electron chi connectivity index (χ4n) is 2.06. The first-order chi connectivity index (χ1) is 6.12. The molecule has 1 amide bonds. The van der Waals surface area contributed by atoms with Crippen LogP contribution in [0, 0.1) is 5.92 Å². The van der Waals surface area contributed by atoms with Crippen molar-refractivity contribution in [1.82, 2.24) is 4.90 Å². The minimum Gasteiger partial charge on any atom is -0.380 e. The zero-order chi connectivity index (χ0) is 9.47. The number of nitrogens with zero attached hydrogens (tertiary/aromatic N) is 1. The molecule has 0 aromatic rings. The summed E-state index contributed by atoms with van der Waals surface area (Å²) in [5.41, 5.74) is -1.08. The fraction of sp³-hybridized carbons (Fsp3) is 0.900. The van der Waals surface area contributed by atoms with Crippen LogP contribution in [-0.4, -0.2) is 34.6 Å². The van der Waals surface area contributed by atoms with Gasteiger partial charge in [0.1, 0.15) is 5.60 Å². The molecule has 0 aromatic heterocycles. The molecule has 1 unspecified atom stereocenters. The van der Waals surface area contributed by atoms with Gasteiger partial charge >= 0.3 is 0 Å². The lowest BCUT2D eigenvalue weighted by Crippen LogP contribution is -2.47. The molecule has 1 heterocycles. The van der Waals surface area contributed by atoms with E-state index in [1.165, 1.54) is 0 Å². The number of hydrogen-bond acceptors (Lipinski definition) is 2. The van der Waals surface area contributed by atoms with Gasteiger partial charge < -0.3 is 10.0 Å². The van der Waals surface area contributed by atoms with E-state index in [4.69, 9.17) is 0 Å². The molecule has 2 fully saturated rings. The van der Waals surface area contributed by atoms with Gasteiger partial charge in [-0.1, -0.05) is 0 Å². The topological polar surface area (TPSA) is 40.5 Å². The maximum atomic E-state index is 11.8.